The van der Waals surface area contributed by atoms with Gasteiger partial charge in [0.15, 0.2) is 5.96 Å². The predicted octanol–water partition coefficient (Wildman–Crippen LogP) is 2.37. The van der Waals surface area contributed by atoms with E-state index >= 15 is 0 Å². The molecule has 1 aromatic carbocycles. The summed E-state index contributed by atoms with van der Waals surface area (Å²) in [5, 5.41) is 3.19. The quantitative estimate of drug-likeness (QED) is 0.386. The number of rotatable bonds is 4. The van der Waals surface area contributed by atoms with Crippen molar-refractivity contribution in [1.29, 1.82) is 0 Å². The van der Waals surface area contributed by atoms with Crippen molar-refractivity contribution in [3.05, 3.63) is 35.4 Å². The summed E-state index contributed by atoms with van der Waals surface area (Å²) in [6.07, 6.45) is 1.43. The molecule has 1 unspecified atom stereocenters. The van der Waals surface area contributed by atoms with Crippen LogP contribution in [-0.4, -0.2) is 67.1 Å². The van der Waals surface area contributed by atoms with Crippen molar-refractivity contribution >= 4 is 35.8 Å². The lowest BCUT2D eigenvalue weighted by atomic mass is 10.2. The average molecular weight is 508 g/mol. The van der Waals surface area contributed by atoms with Crippen LogP contribution in [0.1, 0.15) is 25.3 Å². The van der Waals surface area contributed by atoms with Gasteiger partial charge in [0.2, 0.25) is 0 Å². The van der Waals surface area contributed by atoms with Crippen molar-refractivity contribution in [3.8, 4) is 0 Å². The van der Waals surface area contributed by atoms with Gasteiger partial charge in [0.05, 0.1) is 6.54 Å². The summed E-state index contributed by atoms with van der Waals surface area (Å²) in [7, 11) is 0. The van der Waals surface area contributed by atoms with Crippen molar-refractivity contribution in [2.75, 3.05) is 39.3 Å². The number of benzene rings is 1. The Morgan fingerprint density at radius 3 is 2.61 bits per heavy atom. The summed E-state index contributed by atoms with van der Waals surface area (Å²) < 4.78 is 32.6. The number of amides is 1. The number of halogens is 3. The van der Waals surface area contributed by atoms with E-state index in [9.17, 15) is 13.6 Å². The van der Waals surface area contributed by atoms with Crippen LogP contribution in [0.4, 0.5) is 8.78 Å². The zero-order valence-electron chi connectivity index (χ0n) is 16.0. The molecule has 1 amide bonds. The molecule has 1 atom stereocenters. The summed E-state index contributed by atoms with van der Waals surface area (Å²) in [4.78, 5) is 20.8. The zero-order chi connectivity index (χ0) is 19.2. The molecular formula is C19H27F2IN4O2. The van der Waals surface area contributed by atoms with E-state index in [4.69, 9.17) is 4.74 Å². The molecule has 2 heterocycles. The van der Waals surface area contributed by atoms with Gasteiger partial charge in [-0.1, -0.05) is 0 Å². The molecule has 28 heavy (non-hydrogen) atoms. The monoisotopic (exact) mass is 508 g/mol. The molecule has 9 heteroatoms. The van der Waals surface area contributed by atoms with Gasteiger partial charge in [-0.2, -0.15) is 0 Å². The molecule has 1 aromatic rings. The van der Waals surface area contributed by atoms with Crippen molar-refractivity contribution in [2.45, 2.75) is 32.4 Å². The Bertz CT molecular complexity index is 691. The molecule has 0 radical (unpaired) electrons. The maximum absolute atomic E-state index is 13.8. The molecular weight excluding hydrogens is 481 g/mol. The lowest BCUT2D eigenvalue weighted by Gasteiger charge is -2.37. The van der Waals surface area contributed by atoms with E-state index in [-0.39, 0.29) is 48.1 Å². The van der Waals surface area contributed by atoms with Gasteiger partial charge in [0.25, 0.3) is 5.91 Å². The maximum Gasteiger partial charge on any atom is 0.251 e. The number of guanidine groups is 1. The summed E-state index contributed by atoms with van der Waals surface area (Å²) >= 11 is 0. The van der Waals surface area contributed by atoms with Crippen LogP contribution in [0.15, 0.2) is 23.2 Å². The summed E-state index contributed by atoms with van der Waals surface area (Å²) in [6.45, 7) is 5.79. The van der Waals surface area contributed by atoms with E-state index in [2.05, 4.69) is 10.3 Å². The normalized spacial score (nSPS) is 20.1. The molecule has 156 valence electrons. The molecule has 2 saturated heterocycles. The highest BCUT2D eigenvalue weighted by Gasteiger charge is 2.30. The number of aliphatic imine (C=N–C) groups is 1. The van der Waals surface area contributed by atoms with Crippen LogP contribution in [0.2, 0.25) is 0 Å². The molecule has 6 nitrogen and oxygen atoms in total. The van der Waals surface area contributed by atoms with Gasteiger partial charge in [-0.3, -0.25) is 4.79 Å². The van der Waals surface area contributed by atoms with Crippen LogP contribution < -0.4 is 5.32 Å². The summed E-state index contributed by atoms with van der Waals surface area (Å²) in [6, 6.07) is 3.38. The maximum atomic E-state index is 13.8. The minimum Gasteiger partial charge on any atom is -0.368 e. The Balaban J connectivity index is 0.00000280. The van der Waals surface area contributed by atoms with Gasteiger partial charge < -0.3 is 19.9 Å². The Kier molecular flexibility index (Phi) is 8.87. The minimum absolute atomic E-state index is 0. The highest BCUT2D eigenvalue weighted by Crippen LogP contribution is 2.16. The number of hydrogen-bond donors (Lipinski definition) is 1. The molecule has 0 saturated carbocycles. The van der Waals surface area contributed by atoms with Crippen LogP contribution in [0.5, 0.6) is 0 Å². The first-order valence-corrected chi connectivity index (χ1v) is 9.46. The van der Waals surface area contributed by atoms with Crippen LogP contribution in [0, 0.1) is 11.6 Å². The first-order chi connectivity index (χ1) is 13.1. The third kappa shape index (κ3) is 5.76. The molecule has 2 aliphatic heterocycles. The fourth-order valence-corrected chi connectivity index (χ4v) is 3.37. The summed E-state index contributed by atoms with van der Waals surface area (Å²) in [5.74, 6) is -0.239. The molecule has 2 fully saturated rings. The first-order valence-electron chi connectivity index (χ1n) is 9.46. The third-order valence-electron chi connectivity index (χ3n) is 4.84. The van der Waals surface area contributed by atoms with Crippen LogP contribution in [-0.2, 0) is 16.1 Å². The van der Waals surface area contributed by atoms with E-state index in [0.717, 1.165) is 25.0 Å². The topological polar surface area (TPSA) is 57.2 Å². The fraction of sp³-hybridized carbons (Fsp3) is 0.579. The molecule has 3 rings (SSSR count). The standard InChI is InChI=1S/C19H26F2N4O2.HI/c1-2-22-19(23-13-14-12-15(20)5-6-16(14)21)25-9-7-24(8-10-25)18(26)17-4-3-11-27-17;/h5-6,12,17H,2-4,7-11,13H2,1H3,(H,22,23);1H. The van der Waals surface area contributed by atoms with Gasteiger partial charge in [0.1, 0.15) is 17.7 Å². The van der Waals surface area contributed by atoms with Crippen molar-refractivity contribution in [2.24, 2.45) is 4.99 Å². The van der Waals surface area contributed by atoms with Gasteiger partial charge in [-0.15, -0.1) is 24.0 Å². The van der Waals surface area contributed by atoms with Crippen LogP contribution >= 0.6 is 24.0 Å². The molecule has 0 aromatic heterocycles. The van der Waals surface area contributed by atoms with Gasteiger partial charge in [-0.05, 0) is 38.0 Å². The van der Waals surface area contributed by atoms with Crippen molar-refractivity contribution in [1.82, 2.24) is 15.1 Å². The smallest absolute Gasteiger partial charge is 0.251 e. The van der Waals surface area contributed by atoms with Gasteiger partial charge in [0, 0.05) is 44.9 Å². The highest BCUT2D eigenvalue weighted by molar-refractivity contribution is 14.0. The minimum atomic E-state index is -0.479. The van der Waals surface area contributed by atoms with Gasteiger partial charge in [-0.25, -0.2) is 13.8 Å². The van der Waals surface area contributed by atoms with E-state index in [1.807, 2.05) is 16.7 Å². The SMILES string of the molecule is CCNC(=NCc1cc(F)ccc1F)N1CCN(C(=O)C2CCCO2)CC1.I. The van der Waals surface area contributed by atoms with E-state index in [0.29, 0.717) is 45.3 Å². The lowest BCUT2D eigenvalue weighted by molar-refractivity contribution is -0.142. The second-order valence-electron chi connectivity index (χ2n) is 6.72. The molecule has 2 aliphatic rings. The van der Waals surface area contributed by atoms with E-state index in [1.54, 1.807) is 0 Å². The number of carbonyl (C=O) groups excluding carboxylic acids is 1. The average Bonchev–Trinajstić information content (AvgIpc) is 3.22. The second-order valence-corrected chi connectivity index (χ2v) is 6.72. The Morgan fingerprint density at radius 2 is 1.96 bits per heavy atom. The Labute approximate surface area is 181 Å². The first kappa shape index (κ1) is 22.8. The van der Waals surface area contributed by atoms with E-state index < -0.39 is 11.6 Å². The van der Waals surface area contributed by atoms with Crippen molar-refractivity contribution in [3.63, 3.8) is 0 Å². The van der Waals surface area contributed by atoms with Crippen LogP contribution in [0.3, 0.4) is 0 Å². The van der Waals surface area contributed by atoms with E-state index in [1.165, 1.54) is 6.07 Å². The van der Waals surface area contributed by atoms with Crippen LogP contribution in [0.25, 0.3) is 0 Å². The number of piperazine rings is 1. The van der Waals surface area contributed by atoms with Gasteiger partial charge >= 0.3 is 0 Å². The second kappa shape index (κ2) is 10.9. The Hall–Kier alpha value is -1.49. The molecule has 0 aliphatic carbocycles. The molecule has 0 spiro atoms. The third-order valence-corrected chi connectivity index (χ3v) is 4.84. The summed E-state index contributed by atoms with van der Waals surface area (Å²) in [5.41, 5.74) is 0.220. The highest BCUT2D eigenvalue weighted by atomic mass is 127. The number of nitrogens with one attached hydrogen (secondary N) is 1. The lowest BCUT2D eigenvalue weighted by Crippen LogP contribution is -2.55. The number of ether oxygens (including phenoxy) is 1. The molecule has 1 N–H and O–H groups in total. The number of carbonyl (C=O) groups is 1. The fourth-order valence-electron chi connectivity index (χ4n) is 3.37. The predicted molar refractivity (Wildman–Crippen MR) is 114 cm³/mol. The molecule has 0 bridgehead atoms. The Morgan fingerprint density at radius 1 is 1.25 bits per heavy atom. The number of hydrogen-bond acceptors (Lipinski definition) is 3. The number of nitrogens with zero attached hydrogens (tertiary/aromatic N) is 3. The largest absolute Gasteiger partial charge is 0.368 e. The zero-order valence-corrected chi connectivity index (χ0v) is 18.3. The van der Waals surface area contributed by atoms with Crippen molar-refractivity contribution < 1.29 is 18.3 Å².